The molecule has 0 aromatic carbocycles. The summed E-state index contributed by atoms with van der Waals surface area (Å²) in [7, 11) is 0. The van der Waals surface area contributed by atoms with E-state index in [1.807, 2.05) is 6.26 Å². The molecular weight excluding hydrogens is 148 g/mol. The van der Waals surface area contributed by atoms with Crippen LogP contribution in [0.15, 0.2) is 36.3 Å². The van der Waals surface area contributed by atoms with Gasteiger partial charge >= 0.3 is 0 Å². The second kappa shape index (κ2) is 1.54. The van der Waals surface area contributed by atoms with Crippen LogP contribution in [0.4, 0.5) is 0 Å². The van der Waals surface area contributed by atoms with Gasteiger partial charge in [-0.15, -0.1) is 0 Å². The van der Waals surface area contributed by atoms with Crippen molar-refractivity contribution in [2.75, 3.05) is 0 Å². The number of allylic oxidation sites excluding steroid dienone is 5. The van der Waals surface area contributed by atoms with Gasteiger partial charge in [0.25, 0.3) is 0 Å². The normalized spacial score (nSPS) is 52.5. The minimum atomic E-state index is 0.224. The molecule has 3 atom stereocenters. The highest BCUT2D eigenvalue weighted by molar-refractivity contribution is 5.45. The predicted octanol–water partition coefficient (Wildman–Crippen LogP) is 2.63. The molecule has 12 heavy (non-hydrogen) atoms. The molecule has 3 aliphatic rings. The molecule has 0 fully saturated rings. The molecule has 0 N–H and O–H groups in total. The topological polar surface area (TPSA) is 9.23 Å². The van der Waals surface area contributed by atoms with Gasteiger partial charge in [0.1, 0.15) is 5.76 Å². The molecule has 0 spiro atoms. The van der Waals surface area contributed by atoms with Gasteiger partial charge in [0.15, 0.2) is 0 Å². The van der Waals surface area contributed by atoms with Crippen molar-refractivity contribution >= 4 is 0 Å². The summed E-state index contributed by atoms with van der Waals surface area (Å²) in [6.07, 6.45) is 10.8. The molecule has 0 amide bonds. The van der Waals surface area contributed by atoms with Crippen LogP contribution in [0, 0.1) is 16.7 Å². The molecule has 0 bridgehead atoms. The fraction of sp³-hybridized carbons (Fsp3) is 0.455. The third-order valence-corrected chi connectivity index (χ3v) is 3.86. The number of hydrogen-bond acceptors (Lipinski definition) is 1. The summed E-state index contributed by atoms with van der Waals surface area (Å²) in [6.45, 7) is 4.56. The fourth-order valence-corrected chi connectivity index (χ4v) is 2.61. The van der Waals surface area contributed by atoms with Gasteiger partial charge in [-0.25, -0.2) is 0 Å². The highest BCUT2D eigenvalue weighted by atomic mass is 16.5. The highest BCUT2D eigenvalue weighted by Crippen LogP contribution is 2.66. The van der Waals surface area contributed by atoms with Crippen molar-refractivity contribution in [1.29, 1.82) is 0 Å². The Hall–Kier alpha value is -0.980. The first-order chi connectivity index (χ1) is 5.67. The quantitative estimate of drug-likeness (QED) is 0.495. The summed E-state index contributed by atoms with van der Waals surface area (Å²) < 4.78 is 5.47. The van der Waals surface area contributed by atoms with Gasteiger partial charge in [-0.05, 0) is 12.2 Å². The van der Waals surface area contributed by atoms with Gasteiger partial charge in [0, 0.05) is 16.7 Å². The Morgan fingerprint density at radius 1 is 1.33 bits per heavy atom. The maximum absolute atomic E-state index is 5.47. The zero-order valence-corrected chi connectivity index (χ0v) is 7.37. The van der Waals surface area contributed by atoms with Crippen LogP contribution in [0.2, 0.25) is 0 Å². The number of rotatable bonds is 0. The van der Waals surface area contributed by atoms with Crippen molar-refractivity contribution in [2.45, 2.75) is 13.8 Å². The molecule has 0 radical (unpaired) electrons. The van der Waals surface area contributed by atoms with E-state index >= 15 is 0 Å². The van der Waals surface area contributed by atoms with Gasteiger partial charge in [0.2, 0.25) is 0 Å². The zero-order valence-electron chi connectivity index (χ0n) is 7.37. The Morgan fingerprint density at radius 3 is 2.92 bits per heavy atom. The molecule has 1 heterocycles. The Balaban J connectivity index is 2.23. The van der Waals surface area contributed by atoms with E-state index in [0.29, 0.717) is 5.92 Å². The third-order valence-electron chi connectivity index (χ3n) is 3.86. The van der Waals surface area contributed by atoms with Crippen molar-refractivity contribution < 1.29 is 4.74 Å². The Labute approximate surface area is 72.4 Å². The average molecular weight is 160 g/mol. The Morgan fingerprint density at radius 2 is 2.17 bits per heavy atom. The molecule has 1 heteroatoms. The van der Waals surface area contributed by atoms with Crippen LogP contribution < -0.4 is 0 Å². The molecule has 0 aromatic rings. The molecule has 3 unspecified atom stereocenters. The lowest BCUT2D eigenvalue weighted by Gasteiger charge is -2.52. The molecule has 1 nitrogen and oxygen atoms in total. The van der Waals surface area contributed by atoms with E-state index in [9.17, 15) is 0 Å². The Kier molecular flexibility index (Phi) is 0.837. The molecule has 0 aromatic heterocycles. The smallest absolute Gasteiger partial charge is 0.108 e. The van der Waals surface area contributed by atoms with Crippen molar-refractivity contribution in [3.8, 4) is 0 Å². The zero-order chi connectivity index (χ0) is 8.40. The lowest BCUT2D eigenvalue weighted by molar-refractivity contribution is 0.0526. The fourth-order valence-electron chi connectivity index (χ4n) is 2.61. The third kappa shape index (κ3) is 0.423. The van der Waals surface area contributed by atoms with Crippen LogP contribution >= 0.6 is 0 Å². The van der Waals surface area contributed by atoms with Crippen LogP contribution in [-0.2, 0) is 4.74 Å². The first-order valence-electron chi connectivity index (χ1n) is 4.43. The van der Waals surface area contributed by atoms with Crippen molar-refractivity contribution in [3.05, 3.63) is 36.3 Å². The van der Waals surface area contributed by atoms with Gasteiger partial charge in [0.05, 0.1) is 6.26 Å². The Bertz CT molecular complexity index is 337. The van der Waals surface area contributed by atoms with Gasteiger partial charge in [-0.2, -0.15) is 0 Å². The van der Waals surface area contributed by atoms with E-state index in [4.69, 9.17) is 4.74 Å². The molecule has 3 rings (SSSR count). The minimum Gasteiger partial charge on any atom is -0.469 e. The summed E-state index contributed by atoms with van der Waals surface area (Å²) in [5, 5.41) is 0. The van der Waals surface area contributed by atoms with Crippen LogP contribution in [0.5, 0.6) is 0 Å². The van der Waals surface area contributed by atoms with Crippen LogP contribution in [-0.4, -0.2) is 0 Å². The van der Waals surface area contributed by atoms with Gasteiger partial charge in [-0.1, -0.05) is 26.0 Å². The summed E-state index contributed by atoms with van der Waals surface area (Å²) in [5.41, 5.74) is 0.472. The maximum Gasteiger partial charge on any atom is 0.108 e. The number of hydrogen-bond donors (Lipinski definition) is 0. The SMILES string of the molecule is CC12C=CC3C=COC(=C1)C32C. The van der Waals surface area contributed by atoms with Crippen LogP contribution in [0.25, 0.3) is 0 Å². The molecule has 1 aliphatic heterocycles. The monoisotopic (exact) mass is 160 g/mol. The largest absolute Gasteiger partial charge is 0.469 e. The van der Waals surface area contributed by atoms with E-state index in [-0.39, 0.29) is 10.8 Å². The molecule has 62 valence electrons. The lowest BCUT2D eigenvalue weighted by atomic mass is 9.54. The first kappa shape index (κ1) is 6.53. The van der Waals surface area contributed by atoms with E-state index in [2.05, 4.69) is 38.2 Å². The second-order valence-electron chi connectivity index (χ2n) is 4.32. The summed E-state index contributed by atoms with van der Waals surface area (Å²) in [6, 6.07) is 0. The predicted molar refractivity (Wildman–Crippen MR) is 47.2 cm³/mol. The van der Waals surface area contributed by atoms with Crippen LogP contribution in [0.1, 0.15) is 13.8 Å². The average Bonchev–Trinajstić information content (AvgIpc) is 2.30. The van der Waals surface area contributed by atoms with E-state index in [1.54, 1.807) is 0 Å². The summed E-state index contributed by atoms with van der Waals surface area (Å²) in [5.74, 6) is 1.71. The van der Waals surface area contributed by atoms with E-state index in [1.165, 1.54) is 0 Å². The van der Waals surface area contributed by atoms with E-state index in [0.717, 1.165) is 5.76 Å². The lowest BCUT2D eigenvalue weighted by Crippen LogP contribution is -2.47. The standard InChI is InChI=1S/C11H12O/c1-10-5-3-8-4-6-12-9(7-10)11(8,10)2/h3-8H,1-2H3. The van der Waals surface area contributed by atoms with Gasteiger partial charge in [-0.3, -0.25) is 0 Å². The summed E-state index contributed by atoms with van der Waals surface area (Å²) in [4.78, 5) is 0. The first-order valence-corrected chi connectivity index (χ1v) is 4.43. The van der Waals surface area contributed by atoms with Crippen molar-refractivity contribution in [3.63, 3.8) is 0 Å². The van der Waals surface area contributed by atoms with Crippen LogP contribution in [0.3, 0.4) is 0 Å². The molecule has 0 saturated carbocycles. The summed E-state index contributed by atoms with van der Waals surface area (Å²) >= 11 is 0. The second-order valence-corrected chi connectivity index (χ2v) is 4.32. The molecule has 2 aliphatic carbocycles. The highest BCUT2D eigenvalue weighted by Gasteiger charge is 2.60. The number of ether oxygens (including phenoxy) is 1. The maximum atomic E-state index is 5.47. The minimum absolute atomic E-state index is 0.224. The van der Waals surface area contributed by atoms with Crippen molar-refractivity contribution in [1.82, 2.24) is 0 Å². The van der Waals surface area contributed by atoms with Crippen molar-refractivity contribution in [2.24, 2.45) is 16.7 Å². The van der Waals surface area contributed by atoms with E-state index < -0.39 is 0 Å². The molecule has 0 saturated heterocycles. The molecular formula is C11H12O. The van der Waals surface area contributed by atoms with Gasteiger partial charge < -0.3 is 4.74 Å².